The number of anilines is 1. The van der Waals surface area contributed by atoms with Gasteiger partial charge in [0, 0.05) is 19.7 Å². The molecule has 0 aliphatic carbocycles. The highest BCUT2D eigenvalue weighted by molar-refractivity contribution is 7.89. The molecule has 1 aromatic heterocycles. The summed E-state index contributed by atoms with van der Waals surface area (Å²) in [6, 6.07) is 13.0. The largest absolute Gasteiger partial charge is 0.373 e. The number of ether oxygens (including phenoxy) is 1. The Bertz CT molecular complexity index is 757. The summed E-state index contributed by atoms with van der Waals surface area (Å²) in [5.41, 5.74) is 0.956. The van der Waals surface area contributed by atoms with Gasteiger partial charge in [0.1, 0.15) is 24.2 Å². The van der Waals surface area contributed by atoms with Gasteiger partial charge in [0.25, 0.3) is 5.82 Å². The first-order valence-corrected chi connectivity index (χ1v) is 9.36. The van der Waals surface area contributed by atoms with Gasteiger partial charge >= 0.3 is 0 Å². The molecule has 0 spiro atoms. The van der Waals surface area contributed by atoms with Crippen LogP contribution in [-0.4, -0.2) is 46.1 Å². The fraction of sp³-hybridized carbons (Fsp3) is 0.353. The number of nitrogens with one attached hydrogen (secondary N) is 1. The summed E-state index contributed by atoms with van der Waals surface area (Å²) < 4.78 is 32.1. The molecule has 2 heterocycles. The van der Waals surface area contributed by atoms with Gasteiger partial charge in [0.15, 0.2) is 0 Å². The molecule has 1 fully saturated rings. The monoisotopic (exact) mass is 348 g/mol. The molecule has 0 bridgehead atoms. The number of hydrogen-bond donors (Lipinski definition) is 0. The van der Waals surface area contributed by atoms with E-state index >= 15 is 0 Å². The number of aromatic amines is 1. The molecule has 3 rings (SSSR count). The van der Waals surface area contributed by atoms with Crippen molar-refractivity contribution in [2.75, 3.05) is 38.3 Å². The number of morpholine rings is 1. The van der Waals surface area contributed by atoms with Crippen molar-refractivity contribution in [3.8, 4) is 0 Å². The molecule has 0 atom stereocenters. The molecule has 2 aromatic rings. The minimum Gasteiger partial charge on any atom is -0.373 e. The van der Waals surface area contributed by atoms with Crippen molar-refractivity contribution >= 4 is 15.8 Å². The summed E-state index contributed by atoms with van der Waals surface area (Å²) in [6.45, 7) is 3.32. The van der Waals surface area contributed by atoms with Gasteiger partial charge in [-0.25, -0.2) is 13.4 Å². The Morgan fingerprint density at radius 1 is 1.12 bits per heavy atom. The standard InChI is InChI=1S/C17H21N3O3S/c1-19(14-15-5-3-2-4-6-15)24(21,22)16-7-8-17(18-13-16)20-9-11-23-12-10-20/h2-8,13H,9-12,14H2,1H3/p+1. The van der Waals surface area contributed by atoms with Gasteiger partial charge in [-0.15, -0.1) is 0 Å². The van der Waals surface area contributed by atoms with E-state index in [0.717, 1.165) is 24.5 Å². The van der Waals surface area contributed by atoms with E-state index in [0.29, 0.717) is 19.8 Å². The number of hydrogen-bond acceptors (Lipinski definition) is 4. The highest BCUT2D eigenvalue weighted by atomic mass is 32.2. The van der Waals surface area contributed by atoms with Crippen LogP contribution < -0.4 is 9.88 Å². The summed E-state index contributed by atoms with van der Waals surface area (Å²) in [5.74, 6) is 0.906. The number of rotatable bonds is 5. The number of sulfonamides is 1. The molecule has 1 aliphatic rings. The van der Waals surface area contributed by atoms with Gasteiger partial charge in [-0.05, 0) is 11.6 Å². The van der Waals surface area contributed by atoms with Gasteiger partial charge in [0.2, 0.25) is 10.0 Å². The van der Waals surface area contributed by atoms with E-state index in [1.807, 2.05) is 36.4 Å². The molecule has 0 radical (unpaired) electrons. The summed E-state index contributed by atoms with van der Waals surface area (Å²) in [6.07, 6.45) is 1.56. The zero-order valence-electron chi connectivity index (χ0n) is 13.7. The Kier molecular flexibility index (Phi) is 5.13. The third-order valence-corrected chi connectivity index (χ3v) is 5.88. The van der Waals surface area contributed by atoms with Crippen LogP contribution in [0.15, 0.2) is 53.6 Å². The van der Waals surface area contributed by atoms with E-state index in [9.17, 15) is 8.42 Å². The van der Waals surface area contributed by atoms with Crippen molar-refractivity contribution in [2.45, 2.75) is 11.4 Å². The lowest BCUT2D eigenvalue weighted by Gasteiger charge is -2.21. The molecular formula is C17H22N3O3S+. The lowest BCUT2D eigenvalue weighted by Crippen LogP contribution is -2.39. The van der Waals surface area contributed by atoms with Crippen molar-refractivity contribution < 1.29 is 18.1 Å². The van der Waals surface area contributed by atoms with Crippen LogP contribution in [0.1, 0.15) is 5.56 Å². The van der Waals surface area contributed by atoms with Gasteiger partial charge < -0.3 is 4.74 Å². The van der Waals surface area contributed by atoms with E-state index in [1.54, 1.807) is 19.3 Å². The van der Waals surface area contributed by atoms with Crippen molar-refractivity contribution in [1.82, 2.24) is 4.31 Å². The average molecular weight is 348 g/mol. The van der Waals surface area contributed by atoms with Crippen LogP contribution in [0.5, 0.6) is 0 Å². The summed E-state index contributed by atoms with van der Waals surface area (Å²) in [5, 5.41) is 0. The van der Waals surface area contributed by atoms with Crippen LogP contribution in [0.25, 0.3) is 0 Å². The van der Waals surface area contributed by atoms with Gasteiger partial charge in [-0.1, -0.05) is 30.3 Å². The number of pyridine rings is 1. The van der Waals surface area contributed by atoms with E-state index in [2.05, 4.69) is 9.88 Å². The highest BCUT2D eigenvalue weighted by Gasteiger charge is 2.24. The molecule has 1 saturated heterocycles. The van der Waals surface area contributed by atoms with Crippen LogP contribution in [-0.2, 0) is 21.3 Å². The maximum absolute atomic E-state index is 12.7. The molecule has 24 heavy (non-hydrogen) atoms. The normalized spacial score (nSPS) is 15.7. The van der Waals surface area contributed by atoms with Crippen molar-refractivity contribution in [3.63, 3.8) is 0 Å². The number of benzene rings is 1. The van der Waals surface area contributed by atoms with E-state index < -0.39 is 10.0 Å². The second-order valence-corrected chi connectivity index (χ2v) is 7.80. The smallest absolute Gasteiger partial charge is 0.274 e. The zero-order valence-corrected chi connectivity index (χ0v) is 14.5. The topological polar surface area (TPSA) is 64.0 Å². The van der Waals surface area contributed by atoms with Crippen LogP contribution in [0, 0.1) is 0 Å². The molecule has 0 amide bonds. The molecule has 7 heteroatoms. The average Bonchev–Trinajstić information content (AvgIpc) is 2.63. The Morgan fingerprint density at radius 2 is 1.83 bits per heavy atom. The third-order valence-electron chi connectivity index (χ3n) is 4.08. The van der Waals surface area contributed by atoms with Crippen LogP contribution in [0.2, 0.25) is 0 Å². The van der Waals surface area contributed by atoms with Gasteiger partial charge in [0.05, 0.1) is 13.2 Å². The van der Waals surface area contributed by atoms with Gasteiger partial charge in [-0.2, -0.15) is 4.31 Å². The first kappa shape index (κ1) is 16.9. The maximum Gasteiger partial charge on any atom is 0.274 e. The molecule has 1 N–H and O–H groups in total. The lowest BCUT2D eigenvalue weighted by atomic mass is 10.2. The molecule has 0 saturated carbocycles. The minimum atomic E-state index is -3.53. The zero-order chi connectivity index (χ0) is 17.0. The maximum atomic E-state index is 12.7. The first-order chi connectivity index (χ1) is 11.6. The minimum absolute atomic E-state index is 0.262. The number of H-pyrrole nitrogens is 1. The second kappa shape index (κ2) is 7.29. The van der Waals surface area contributed by atoms with E-state index in [4.69, 9.17) is 4.74 Å². The quantitative estimate of drug-likeness (QED) is 0.813. The van der Waals surface area contributed by atoms with Gasteiger partial charge in [-0.3, -0.25) is 4.90 Å². The summed E-state index contributed by atoms with van der Waals surface area (Å²) in [4.78, 5) is 5.50. The van der Waals surface area contributed by atoms with E-state index in [1.165, 1.54) is 4.31 Å². The van der Waals surface area contributed by atoms with Crippen LogP contribution in [0.4, 0.5) is 5.82 Å². The molecular weight excluding hydrogens is 326 g/mol. The van der Waals surface area contributed by atoms with Crippen molar-refractivity contribution in [3.05, 3.63) is 54.2 Å². The van der Waals surface area contributed by atoms with E-state index in [-0.39, 0.29) is 4.90 Å². The molecule has 1 aromatic carbocycles. The first-order valence-electron chi connectivity index (χ1n) is 7.92. The third kappa shape index (κ3) is 3.75. The number of aromatic nitrogens is 1. The highest BCUT2D eigenvalue weighted by Crippen LogP contribution is 2.17. The molecule has 128 valence electrons. The number of nitrogens with zero attached hydrogens (tertiary/aromatic N) is 2. The molecule has 0 unspecified atom stereocenters. The summed E-state index contributed by atoms with van der Waals surface area (Å²) >= 11 is 0. The van der Waals surface area contributed by atoms with Crippen LogP contribution in [0.3, 0.4) is 0 Å². The predicted molar refractivity (Wildman–Crippen MR) is 91.1 cm³/mol. The Hall–Kier alpha value is -1.96. The lowest BCUT2D eigenvalue weighted by molar-refractivity contribution is -0.367. The second-order valence-electron chi connectivity index (χ2n) is 5.76. The van der Waals surface area contributed by atoms with Crippen LogP contribution >= 0.6 is 0 Å². The molecule has 6 nitrogen and oxygen atoms in total. The predicted octanol–water partition coefficient (Wildman–Crippen LogP) is 1.16. The van der Waals surface area contributed by atoms with Crippen molar-refractivity contribution in [1.29, 1.82) is 0 Å². The fourth-order valence-corrected chi connectivity index (χ4v) is 3.80. The summed E-state index contributed by atoms with van der Waals surface area (Å²) in [7, 11) is -1.93. The SMILES string of the molecule is CN(Cc1ccccc1)S(=O)(=O)c1ccc(N2CCOCC2)[nH+]c1. The molecule has 1 aliphatic heterocycles. The Morgan fingerprint density at radius 3 is 2.46 bits per heavy atom. The fourth-order valence-electron chi connectivity index (χ4n) is 2.67. The Labute approximate surface area is 142 Å². The van der Waals surface area contributed by atoms with Crippen molar-refractivity contribution in [2.24, 2.45) is 0 Å². The Balaban J connectivity index is 1.74.